The molecule has 98 valence electrons. The number of anilines is 1. The van der Waals surface area contributed by atoms with Crippen LogP contribution in [-0.2, 0) is 0 Å². The molecular weight excluding hydrogens is 238 g/mol. The van der Waals surface area contributed by atoms with Crippen LogP contribution in [0.1, 0.15) is 17.3 Å². The van der Waals surface area contributed by atoms with E-state index in [1.165, 1.54) is 0 Å². The van der Waals surface area contributed by atoms with Crippen LogP contribution in [0.15, 0.2) is 49.1 Å². The number of hydrogen-bond acceptors (Lipinski definition) is 2. The average Bonchev–Trinajstić information content (AvgIpc) is 2.43. The van der Waals surface area contributed by atoms with Gasteiger partial charge in [0.05, 0.1) is 5.56 Å². The molecule has 0 amide bonds. The van der Waals surface area contributed by atoms with Crippen molar-refractivity contribution in [3.63, 3.8) is 0 Å². The zero-order valence-corrected chi connectivity index (χ0v) is 11.0. The number of carboxylic acid groups (broad SMARTS) is 1. The van der Waals surface area contributed by atoms with Crippen molar-refractivity contribution in [2.75, 3.05) is 18.0 Å². The summed E-state index contributed by atoms with van der Waals surface area (Å²) < 4.78 is 0. The van der Waals surface area contributed by atoms with Gasteiger partial charge in [0.15, 0.2) is 0 Å². The molecule has 3 nitrogen and oxygen atoms in total. The molecule has 1 N–H and O–H groups in total. The minimum absolute atomic E-state index is 0.342. The molecule has 0 fully saturated rings. The Labute approximate surface area is 112 Å². The van der Waals surface area contributed by atoms with Gasteiger partial charge in [-0.1, -0.05) is 30.3 Å². The molecule has 0 aliphatic heterocycles. The largest absolute Gasteiger partial charge is 0.478 e. The van der Waals surface area contributed by atoms with Gasteiger partial charge in [-0.15, -0.1) is 6.58 Å². The van der Waals surface area contributed by atoms with E-state index in [0.29, 0.717) is 5.56 Å². The molecule has 0 bridgehead atoms. The molecule has 19 heavy (non-hydrogen) atoms. The number of carboxylic acids is 1. The lowest BCUT2D eigenvalue weighted by molar-refractivity contribution is 0.0699. The van der Waals surface area contributed by atoms with E-state index in [-0.39, 0.29) is 0 Å². The van der Waals surface area contributed by atoms with Crippen molar-refractivity contribution in [3.05, 3.63) is 54.6 Å². The summed E-state index contributed by atoms with van der Waals surface area (Å²) in [7, 11) is 0. The Balaban J connectivity index is 2.67. The maximum Gasteiger partial charge on any atom is 0.336 e. The van der Waals surface area contributed by atoms with Gasteiger partial charge in [-0.25, -0.2) is 4.79 Å². The summed E-state index contributed by atoms with van der Waals surface area (Å²) in [4.78, 5) is 13.4. The number of carbonyl (C=O) groups is 1. The molecule has 2 rings (SSSR count). The molecular formula is C16H17NO2. The molecule has 0 aliphatic rings. The minimum atomic E-state index is -0.894. The van der Waals surface area contributed by atoms with Crippen LogP contribution in [0.2, 0.25) is 0 Å². The maximum atomic E-state index is 11.3. The van der Waals surface area contributed by atoms with Gasteiger partial charge in [0.2, 0.25) is 0 Å². The van der Waals surface area contributed by atoms with Crippen LogP contribution in [-0.4, -0.2) is 24.2 Å². The molecule has 0 spiro atoms. The summed E-state index contributed by atoms with van der Waals surface area (Å²) in [6.45, 7) is 7.43. The molecule has 0 atom stereocenters. The molecule has 0 saturated heterocycles. The second-order valence-corrected chi connectivity index (χ2v) is 4.31. The van der Waals surface area contributed by atoms with Crippen LogP contribution >= 0.6 is 0 Å². The Morgan fingerprint density at radius 1 is 1.26 bits per heavy atom. The zero-order chi connectivity index (χ0) is 13.8. The highest BCUT2D eigenvalue weighted by Crippen LogP contribution is 2.29. The first-order valence-corrected chi connectivity index (χ1v) is 6.30. The fourth-order valence-corrected chi connectivity index (χ4v) is 2.30. The maximum absolute atomic E-state index is 11.3. The number of benzene rings is 2. The fraction of sp³-hybridized carbons (Fsp3) is 0.188. The van der Waals surface area contributed by atoms with E-state index >= 15 is 0 Å². The quantitative estimate of drug-likeness (QED) is 0.831. The second-order valence-electron chi connectivity index (χ2n) is 4.31. The van der Waals surface area contributed by atoms with Crippen LogP contribution in [0.25, 0.3) is 10.8 Å². The summed E-state index contributed by atoms with van der Waals surface area (Å²) in [6.07, 6.45) is 1.85. The number of rotatable bonds is 5. The van der Waals surface area contributed by atoms with Gasteiger partial charge in [-0.05, 0) is 24.4 Å². The van der Waals surface area contributed by atoms with Gasteiger partial charge >= 0.3 is 5.97 Å². The normalized spacial score (nSPS) is 10.4. The van der Waals surface area contributed by atoms with Gasteiger partial charge < -0.3 is 10.0 Å². The summed E-state index contributed by atoms with van der Waals surface area (Å²) in [5.74, 6) is -0.894. The zero-order valence-electron chi connectivity index (χ0n) is 11.0. The lowest BCUT2D eigenvalue weighted by Gasteiger charge is -2.23. The lowest BCUT2D eigenvalue weighted by Crippen LogP contribution is -2.22. The average molecular weight is 255 g/mol. The smallest absolute Gasteiger partial charge is 0.336 e. The van der Waals surface area contributed by atoms with Crippen LogP contribution < -0.4 is 4.90 Å². The Morgan fingerprint density at radius 2 is 1.95 bits per heavy atom. The third kappa shape index (κ3) is 2.45. The topological polar surface area (TPSA) is 40.5 Å². The minimum Gasteiger partial charge on any atom is -0.478 e. The molecule has 3 heteroatoms. The van der Waals surface area contributed by atoms with Gasteiger partial charge in [0.1, 0.15) is 0 Å². The molecule has 0 aliphatic carbocycles. The molecule has 0 radical (unpaired) electrons. The molecule has 2 aromatic carbocycles. The number of hydrogen-bond donors (Lipinski definition) is 1. The van der Waals surface area contributed by atoms with Crippen molar-refractivity contribution in [2.45, 2.75) is 6.92 Å². The third-order valence-corrected chi connectivity index (χ3v) is 3.20. The van der Waals surface area contributed by atoms with E-state index in [1.807, 2.05) is 36.4 Å². The highest BCUT2D eigenvalue weighted by atomic mass is 16.4. The first-order valence-electron chi connectivity index (χ1n) is 6.30. The van der Waals surface area contributed by atoms with E-state index in [1.54, 1.807) is 6.07 Å². The third-order valence-electron chi connectivity index (χ3n) is 3.20. The molecule has 0 unspecified atom stereocenters. The summed E-state index contributed by atoms with van der Waals surface area (Å²) >= 11 is 0. The number of aromatic carboxylic acids is 1. The van der Waals surface area contributed by atoms with Gasteiger partial charge in [0, 0.05) is 24.2 Å². The van der Waals surface area contributed by atoms with Crippen molar-refractivity contribution in [3.8, 4) is 0 Å². The molecule has 0 saturated carbocycles. The van der Waals surface area contributed by atoms with Crippen LogP contribution in [0.5, 0.6) is 0 Å². The van der Waals surface area contributed by atoms with E-state index in [4.69, 9.17) is 0 Å². The predicted molar refractivity (Wildman–Crippen MR) is 79.0 cm³/mol. The van der Waals surface area contributed by atoms with E-state index < -0.39 is 5.97 Å². The Morgan fingerprint density at radius 3 is 2.53 bits per heavy atom. The lowest BCUT2D eigenvalue weighted by atomic mass is 10.0. The Kier molecular flexibility index (Phi) is 3.85. The van der Waals surface area contributed by atoms with E-state index in [2.05, 4.69) is 18.4 Å². The van der Waals surface area contributed by atoms with Crippen molar-refractivity contribution in [1.29, 1.82) is 0 Å². The molecule has 2 aromatic rings. The number of nitrogens with zero attached hydrogens (tertiary/aromatic N) is 1. The van der Waals surface area contributed by atoms with E-state index in [9.17, 15) is 9.90 Å². The van der Waals surface area contributed by atoms with Crippen LogP contribution in [0.4, 0.5) is 5.69 Å². The first-order chi connectivity index (χ1) is 9.19. The van der Waals surface area contributed by atoms with Crippen LogP contribution in [0.3, 0.4) is 0 Å². The summed E-state index contributed by atoms with van der Waals surface area (Å²) in [5, 5.41) is 11.0. The first kappa shape index (κ1) is 13.1. The van der Waals surface area contributed by atoms with Crippen molar-refractivity contribution in [1.82, 2.24) is 0 Å². The Hall–Kier alpha value is -2.29. The van der Waals surface area contributed by atoms with Crippen molar-refractivity contribution < 1.29 is 9.90 Å². The highest BCUT2D eigenvalue weighted by molar-refractivity contribution is 6.07. The second kappa shape index (κ2) is 5.57. The summed E-state index contributed by atoms with van der Waals surface area (Å²) in [5.41, 5.74) is 1.39. The van der Waals surface area contributed by atoms with Gasteiger partial charge in [0.25, 0.3) is 0 Å². The monoisotopic (exact) mass is 255 g/mol. The van der Waals surface area contributed by atoms with Gasteiger partial charge in [-0.3, -0.25) is 0 Å². The SMILES string of the molecule is C=CCN(CC)c1ccc(C(=O)O)c2ccccc12. The van der Waals surface area contributed by atoms with Crippen molar-refractivity contribution >= 4 is 22.4 Å². The van der Waals surface area contributed by atoms with Crippen LogP contribution in [0, 0.1) is 0 Å². The highest BCUT2D eigenvalue weighted by Gasteiger charge is 2.13. The van der Waals surface area contributed by atoms with Crippen molar-refractivity contribution in [2.24, 2.45) is 0 Å². The van der Waals surface area contributed by atoms with Gasteiger partial charge in [-0.2, -0.15) is 0 Å². The standard InChI is InChI=1S/C16H17NO2/c1-3-11-17(4-2)15-10-9-14(16(18)19)12-7-5-6-8-13(12)15/h3,5-10H,1,4,11H2,2H3,(H,18,19). The number of fused-ring (bicyclic) bond motifs is 1. The predicted octanol–water partition coefficient (Wildman–Crippen LogP) is 3.55. The number of likely N-dealkylation sites (N-methyl/N-ethyl adjacent to an activating group) is 1. The molecule has 0 aromatic heterocycles. The summed E-state index contributed by atoms with van der Waals surface area (Å²) in [6, 6.07) is 11.2. The van der Waals surface area contributed by atoms with E-state index in [0.717, 1.165) is 29.5 Å². The molecule has 0 heterocycles. The fourth-order valence-electron chi connectivity index (χ4n) is 2.30. The Bertz CT molecular complexity index is 619.